The summed E-state index contributed by atoms with van der Waals surface area (Å²) in [5.74, 6) is 1.77. The lowest BCUT2D eigenvalue weighted by atomic mass is 9.94. The van der Waals surface area contributed by atoms with E-state index in [2.05, 4.69) is 17.2 Å². The highest BCUT2D eigenvalue weighted by atomic mass is 16.2. The van der Waals surface area contributed by atoms with Crippen molar-refractivity contribution in [3.8, 4) is 0 Å². The highest BCUT2D eigenvalue weighted by molar-refractivity contribution is 5.85. The number of rotatable bonds is 19. The summed E-state index contributed by atoms with van der Waals surface area (Å²) in [7, 11) is 0. The van der Waals surface area contributed by atoms with Gasteiger partial charge >= 0.3 is 0 Å². The molecule has 1 rings (SSSR count). The molecular weight excluding hydrogens is 320 g/mol. The molecule has 3 heteroatoms. The predicted molar refractivity (Wildman–Crippen MR) is 115 cm³/mol. The summed E-state index contributed by atoms with van der Waals surface area (Å²) < 4.78 is 0. The molecule has 0 amide bonds. The number of unbranched alkanes of at least 4 members (excludes halogenated alkanes) is 13. The van der Waals surface area contributed by atoms with E-state index in [9.17, 15) is 0 Å². The van der Waals surface area contributed by atoms with Gasteiger partial charge in [-0.3, -0.25) is 4.99 Å². The maximum atomic E-state index is 9.09. The van der Waals surface area contributed by atoms with Crippen LogP contribution in [-0.2, 0) is 0 Å². The minimum Gasteiger partial charge on any atom is -0.396 e. The first kappa shape index (κ1) is 23.5. The molecule has 26 heavy (non-hydrogen) atoms. The van der Waals surface area contributed by atoms with Crippen LogP contribution in [-0.4, -0.2) is 30.6 Å². The fourth-order valence-corrected chi connectivity index (χ4v) is 4.03. The van der Waals surface area contributed by atoms with Crippen LogP contribution in [0.25, 0.3) is 0 Å². The molecule has 0 aliphatic carbocycles. The Bertz CT molecular complexity index is 330. The monoisotopic (exact) mass is 366 g/mol. The van der Waals surface area contributed by atoms with Crippen LogP contribution in [0.3, 0.4) is 0 Å². The first-order valence-corrected chi connectivity index (χ1v) is 11.8. The third-order valence-electron chi connectivity index (χ3n) is 5.70. The molecule has 0 aromatic carbocycles. The molecule has 2 N–H and O–H groups in total. The number of aliphatic hydroxyl groups excluding tert-OH is 1. The highest BCUT2D eigenvalue weighted by Gasteiger charge is 2.17. The van der Waals surface area contributed by atoms with Crippen LogP contribution < -0.4 is 5.32 Å². The largest absolute Gasteiger partial charge is 0.396 e. The molecule has 1 unspecified atom stereocenters. The molecular formula is C23H46N2O. The van der Waals surface area contributed by atoms with Crippen LogP contribution in [0.5, 0.6) is 0 Å². The summed E-state index contributed by atoms with van der Waals surface area (Å²) in [5.41, 5.74) is 0. The second kappa shape index (κ2) is 17.8. The van der Waals surface area contributed by atoms with E-state index in [1.54, 1.807) is 0 Å². The molecule has 0 fully saturated rings. The molecule has 0 saturated heterocycles. The summed E-state index contributed by atoms with van der Waals surface area (Å²) >= 11 is 0. The standard InChI is InChI=1S/C23H46N2O/c1-2-3-4-5-6-7-8-9-10-11-12-13-14-15-17-22(18-16-21-26)23-24-19-20-25-23/h22,26H,2-21H2,1H3,(H,24,25). The lowest BCUT2D eigenvalue weighted by Crippen LogP contribution is -2.27. The van der Waals surface area contributed by atoms with E-state index in [0.29, 0.717) is 12.5 Å². The first-order valence-electron chi connectivity index (χ1n) is 11.8. The Morgan fingerprint density at radius 3 is 1.73 bits per heavy atom. The Kier molecular flexibility index (Phi) is 16.1. The van der Waals surface area contributed by atoms with Crippen LogP contribution in [0.15, 0.2) is 4.99 Å². The van der Waals surface area contributed by atoms with Crippen molar-refractivity contribution in [2.75, 3.05) is 19.7 Å². The van der Waals surface area contributed by atoms with Crippen LogP contribution in [0, 0.1) is 5.92 Å². The number of aliphatic hydroxyl groups is 1. The van der Waals surface area contributed by atoms with E-state index in [1.165, 1.54) is 102 Å². The fraction of sp³-hybridized carbons (Fsp3) is 0.957. The highest BCUT2D eigenvalue weighted by Crippen LogP contribution is 2.19. The molecule has 1 heterocycles. The zero-order valence-electron chi connectivity index (χ0n) is 17.6. The summed E-state index contributed by atoms with van der Waals surface area (Å²) in [6.45, 7) is 4.53. The number of nitrogens with zero attached hydrogens (tertiary/aromatic N) is 1. The molecule has 0 bridgehead atoms. The van der Waals surface area contributed by atoms with Crippen molar-refractivity contribution in [3.05, 3.63) is 0 Å². The Morgan fingerprint density at radius 2 is 1.27 bits per heavy atom. The van der Waals surface area contributed by atoms with Gasteiger partial charge < -0.3 is 10.4 Å². The fourth-order valence-electron chi connectivity index (χ4n) is 4.03. The SMILES string of the molecule is CCCCCCCCCCCCCCCCC(CCCO)C1=NCCN1. The van der Waals surface area contributed by atoms with Crippen molar-refractivity contribution in [1.82, 2.24) is 5.32 Å². The molecule has 3 nitrogen and oxygen atoms in total. The second-order valence-electron chi connectivity index (χ2n) is 8.14. The lowest BCUT2D eigenvalue weighted by molar-refractivity contribution is 0.276. The van der Waals surface area contributed by atoms with E-state index >= 15 is 0 Å². The van der Waals surface area contributed by atoms with Crippen molar-refractivity contribution < 1.29 is 5.11 Å². The summed E-state index contributed by atoms with van der Waals surface area (Å²) in [6, 6.07) is 0. The predicted octanol–water partition coefficient (Wildman–Crippen LogP) is 6.25. The summed E-state index contributed by atoms with van der Waals surface area (Å²) in [4.78, 5) is 4.60. The van der Waals surface area contributed by atoms with E-state index < -0.39 is 0 Å². The molecule has 1 atom stereocenters. The Balaban J connectivity index is 1.87. The number of hydrogen-bond acceptors (Lipinski definition) is 3. The van der Waals surface area contributed by atoms with Crippen molar-refractivity contribution >= 4 is 5.84 Å². The molecule has 0 saturated carbocycles. The average Bonchev–Trinajstić information content (AvgIpc) is 3.19. The van der Waals surface area contributed by atoms with Crippen LogP contribution in [0.1, 0.15) is 116 Å². The molecule has 154 valence electrons. The van der Waals surface area contributed by atoms with Gasteiger partial charge in [-0.1, -0.05) is 96.8 Å². The van der Waals surface area contributed by atoms with Crippen molar-refractivity contribution in [3.63, 3.8) is 0 Å². The summed E-state index contributed by atoms with van der Waals surface area (Å²) in [5, 5.41) is 12.5. The van der Waals surface area contributed by atoms with Gasteiger partial charge in [0.1, 0.15) is 0 Å². The smallest absolute Gasteiger partial charge is 0.0995 e. The first-order chi connectivity index (χ1) is 12.9. The Morgan fingerprint density at radius 1 is 0.769 bits per heavy atom. The van der Waals surface area contributed by atoms with Crippen molar-refractivity contribution in [1.29, 1.82) is 0 Å². The van der Waals surface area contributed by atoms with E-state index in [0.717, 1.165) is 25.9 Å². The zero-order chi connectivity index (χ0) is 18.7. The van der Waals surface area contributed by atoms with Gasteiger partial charge in [-0.05, 0) is 19.3 Å². The molecule has 1 aliphatic rings. The number of hydrogen-bond donors (Lipinski definition) is 2. The van der Waals surface area contributed by atoms with E-state index in [4.69, 9.17) is 5.11 Å². The van der Waals surface area contributed by atoms with Gasteiger partial charge in [0.25, 0.3) is 0 Å². The molecule has 0 aromatic heterocycles. The van der Waals surface area contributed by atoms with Gasteiger partial charge in [-0.15, -0.1) is 0 Å². The third-order valence-corrected chi connectivity index (χ3v) is 5.70. The molecule has 0 aromatic rings. The number of nitrogens with one attached hydrogen (secondary N) is 1. The minimum atomic E-state index is 0.308. The Hall–Kier alpha value is -0.570. The maximum Gasteiger partial charge on any atom is 0.0995 e. The van der Waals surface area contributed by atoms with Crippen LogP contribution in [0.2, 0.25) is 0 Å². The van der Waals surface area contributed by atoms with Gasteiger partial charge in [-0.25, -0.2) is 0 Å². The second-order valence-corrected chi connectivity index (χ2v) is 8.14. The third kappa shape index (κ3) is 12.7. The topological polar surface area (TPSA) is 44.6 Å². The van der Waals surface area contributed by atoms with Gasteiger partial charge in [0.15, 0.2) is 0 Å². The van der Waals surface area contributed by atoms with Crippen molar-refractivity contribution in [2.24, 2.45) is 10.9 Å². The van der Waals surface area contributed by atoms with Gasteiger partial charge in [0, 0.05) is 19.1 Å². The normalized spacial score (nSPS) is 15.1. The van der Waals surface area contributed by atoms with Crippen LogP contribution >= 0.6 is 0 Å². The molecule has 1 aliphatic heterocycles. The Labute approximate surface area is 163 Å². The van der Waals surface area contributed by atoms with Crippen LogP contribution in [0.4, 0.5) is 0 Å². The molecule has 0 spiro atoms. The van der Waals surface area contributed by atoms with E-state index in [-0.39, 0.29) is 0 Å². The van der Waals surface area contributed by atoms with Gasteiger partial charge in [0.05, 0.1) is 12.4 Å². The maximum absolute atomic E-state index is 9.09. The van der Waals surface area contributed by atoms with Gasteiger partial charge in [0.2, 0.25) is 0 Å². The number of amidine groups is 1. The zero-order valence-corrected chi connectivity index (χ0v) is 17.6. The molecule has 0 radical (unpaired) electrons. The lowest BCUT2D eigenvalue weighted by Gasteiger charge is -2.17. The quantitative estimate of drug-likeness (QED) is 0.265. The number of aliphatic imine (C=N–C) groups is 1. The van der Waals surface area contributed by atoms with Crippen molar-refractivity contribution in [2.45, 2.75) is 116 Å². The van der Waals surface area contributed by atoms with Gasteiger partial charge in [-0.2, -0.15) is 0 Å². The average molecular weight is 367 g/mol. The minimum absolute atomic E-state index is 0.308. The van der Waals surface area contributed by atoms with E-state index in [1.807, 2.05) is 0 Å². The summed E-state index contributed by atoms with van der Waals surface area (Å²) in [6.07, 6.45) is 23.1.